The van der Waals surface area contributed by atoms with Gasteiger partial charge in [0.2, 0.25) is 0 Å². The molecule has 0 fully saturated rings. The Bertz CT molecular complexity index is 1050. The van der Waals surface area contributed by atoms with Gasteiger partial charge in [0.25, 0.3) is 10.1 Å². The van der Waals surface area contributed by atoms with E-state index in [-0.39, 0.29) is 17.4 Å². The van der Waals surface area contributed by atoms with E-state index in [9.17, 15) is 13.2 Å². The predicted molar refractivity (Wildman–Crippen MR) is 134 cm³/mol. The molecule has 0 saturated heterocycles. The molecule has 1 unspecified atom stereocenters. The van der Waals surface area contributed by atoms with Crippen LogP contribution in [0.5, 0.6) is 0 Å². The summed E-state index contributed by atoms with van der Waals surface area (Å²) in [7, 11) is -2.31. The zero-order chi connectivity index (χ0) is 24.6. The minimum atomic E-state index is -3.69. The number of aryl methyl sites for hydroxylation is 2. The van der Waals surface area contributed by atoms with Crippen molar-refractivity contribution >= 4 is 16.2 Å². The van der Waals surface area contributed by atoms with Crippen LogP contribution in [0, 0.1) is 12.8 Å². The van der Waals surface area contributed by atoms with Crippen LogP contribution in [0.2, 0.25) is 0 Å². The summed E-state index contributed by atoms with van der Waals surface area (Å²) in [6.45, 7) is 4.87. The minimum absolute atomic E-state index is 0.212. The second-order valence-corrected chi connectivity index (χ2v) is 10.8. The van der Waals surface area contributed by atoms with Gasteiger partial charge in [0, 0.05) is 12.5 Å². The van der Waals surface area contributed by atoms with Crippen molar-refractivity contribution in [3.05, 3.63) is 64.7 Å². The first-order valence-electron chi connectivity index (χ1n) is 12.2. The number of alkyl carbamates (subject to hydrolysis) is 1. The zero-order valence-electron chi connectivity index (χ0n) is 20.5. The second-order valence-electron chi connectivity index (χ2n) is 9.23. The van der Waals surface area contributed by atoms with Gasteiger partial charge in [0.1, 0.15) is 0 Å². The first kappa shape index (κ1) is 26.2. The number of ether oxygens (including phenoxy) is 1. The molecule has 7 heteroatoms. The predicted octanol–water partition coefficient (Wildman–Crippen LogP) is 5.53. The van der Waals surface area contributed by atoms with Gasteiger partial charge in [0.15, 0.2) is 0 Å². The van der Waals surface area contributed by atoms with Crippen molar-refractivity contribution in [1.82, 2.24) is 5.32 Å². The average molecular weight is 488 g/mol. The topological polar surface area (TPSA) is 81.7 Å². The van der Waals surface area contributed by atoms with Gasteiger partial charge in [-0.25, -0.2) is 4.79 Å². The van der Waals surface area contributed by atoms with Crippen molar-refractivity contribution in [2.45, 2.75) is 69.6 Å². The van der Waals surface area contributed by atoms with E-state index in [0.717, 1.165) is 50.5 Å². The Hall–Kier alpha value is -2.38. The molecule has 1 aliphatic carbocycles. The van der Waals surface area contributed by atoms with Crippen LogP contribution in [-0.4, -0.2) is 34.8 Å². The lowest BCUT2D eigenvalue weighted by molar-refractivity contribution is 0.170. The smallest absolute Gasteiger partial charge is 0.406 e. The molecule has 0 heterocycles. The Morgan fingerprint density at radius 2 is 1.91 bits per heavy atom. The quantitative estimate of drug-likeness (QED) is 0.333. The number of hydrogen-bond donors (Lipinski definition) is 1. The Morgan fingerprint density at radius 3 is 2.62 bits per heavy atom. The van der Waals surface area contributed by atoms with Gasteiger partial charge in [-0.2, -0.15) is 8.42 Å². The molecule has 2 aromatic carbocycles. The molecule has 0 aromatic heterocycles. The summed E-state index contributed by atoms with van der Waals surface area (Å²) in [4.78, 5) is 11.7. The fourth-order valence-corrected chi connectivity index (χ4v) is 5.62. The molecule has 1 amide bonds. The normalized spacial score (nSPS) is 16.5. The Kier molecular flexibility index (Phi) is 9.54. The van der Waals surface area contributed by atoms with Crippen LogP contribution in [0.15, 0.2) is 47.4 Å². The van der Waals surface area contributed by atoms with Crippen LogP contribution in [0.25, 0.3) is 0 Å². The maximum Gasteiger partial charge on any atom is 0.406 e. The van der Waals surface area contributed by atoms with Gasteiger partial charge in [-0.3, -0.25) is 4.18 Å². The summed E-state index contributed by atoms with van der Waals surface area (Å²) in [6.07, 6.45) is 6.48. The van der Waals surface area contributed by atoms with Gasteiger partial charge < -0.3 is 10.1 Å². The maximum absolute atomic E-state index is 12.3. The molecule has 0 spiro atoms. The Morgan fingerprint density at radius 1 is 1.15 bits per heavy atom. The fraction of sp³-hybridized carbons (Fsp3) is 0.519. The van der Waals surface area contributed by atoms with Gasteiger partial charge in [0.05, 0.1) is 18.6 Å². The summed E-state index contributed by atoms with van der Waals surface area (Å²) in [6, 6.07) is 13.5. The van der Waals surface area contributed by atoms with Gasteiger partial charge >= 0.3 is 6.09 Å². The molecule has 3 rings (SSSR count). The van der Waals surface area contributed by atoms with Crippen molar-refractivity contribution in [2.75, 3.05) is 20.3 Å². The molecule has 34 heavy (non-hydrogen) atoms. The summed E-state index contributed by atoms with van der Waals surface area (Å²) in [5, 5.41) is 2.84. The summed E-state index contributed by atoms with van der Waals surface area (Å²) in [5.41, 5.74) is 5.06. The SMILES string of the molecule is CCCC(CNC(=O)OC)c1ccc2c(c1)CC[C@H](CCCOS(=O)(=O)c1ccc(C)cc1)C2. The molecule has 0 radical (unpaired) electrons. The van der Waals surface area contributed by atoms with Crippen LogP contribution in [0.1, 0.15) is 67.2 Å². The molecule has 1 aliphatic rings. The summed E-state index contributed by atoms with van der Waals surface area (Å²) in [5.74, 6) is 0.816. The molecule has 1 N–H and O–H groups in total. The van der Waals surface area contributed by atoms with Gasteiger partial charge in [-0.05, 0) is 80.2 Å². The van der Waals surface area contributed by atoms with Gasteiger partial charge in [-0.15, -0.1) is 0 Å². The molecule has 6 nitrogen and oxygen atoms in total. The van der Waals surface area contributed by atoms with E-state index in [0.29, 0.717) is 12.5 Å². The molecule has 186 valence electrons. The molecular formula is C27H37NO5S. The number of amides is 1. The zero-order valence-corrected chi connectivity index (χ0v) is 21.3. The van der Waals surface area contributed by atoms with E-state index in [1.807, 2.05) is 6.92 Å². The van der Waals surface area contributed by atoms with Crippen molar-refractivity contribution in [2.24, 2.45) is 5.92 Å². The molecule has 2 atom stereocenters. The van der Waals surface area contributed by atoms with Crippen LogP contribution >= 0.6 is 0 Å². The van der Waals surface area contributed by atoms with E-state index < -0.39 is 16.2 Å². The molecule has 0 aliphatic heterocycles. The fourth-order valence-electron chi connectivity index (χ4n) is 4.68. The lowest BCUT2D eigenvalue weighted by atomic mass is 9.80. The van der Waals surface area contributed by atoms with Gasteiger partial charge in [-0.1, -0.05) is 49.2 Å². The van der Waals surface area contributed by atoms with Crippen molar-refractivity contribution < 1.29 is 22.1 Å². The first-order chi connectivity index (χ1) is 16.3. The van der Waals surface area contributed by atoms with Crippen LogP contribution in [0.4, 0.5) is 4.79 Å². The third kappa shape index (κ3) is 7.31. The number of fused-ring (bicyclic) bond motifs is 1. The number of carbonyl (C=O) groups is 1. The number of hydrogen-bond acceptors (Lipinski definition) is 5. The van der Waals surface area contributed by atoms with E-state index in [1.54, 1.807) is 24.3 Å². The Balaban J connectivity index is 1.50. The van der Waals surface area contributed by atoms with Crippen molar-refractivity contribution in [1.29, 1.82) is 0 Å². The van der Waals surface area contributed by atoms with E-state index in [1.165, 1.54) is 23.8 Å². The van der Waals surface area contributed by atoms with E-state index in [2.05, 4.69) is 30.4 Å². The number of nitrogens with one attached hydrogen (secondary N) is 1. The largest absolute Gasteiger partial charge is 0.453 e. The van der Waals surface area contributed by atoms with E-state index in [4.69, 9.17) is 8.92 Å². The second kappa shape index (κ2) is 12.4. The standard InChI is InChI=1S/C27H37NO5S/c1-4-6-25(19-28-27(29)32-3)24-13-12-22-17-21(10-11-23(22)18-24)7-5-16-33-34(30,31)26-14-8-20(2)9-15-26/h8-9,12-15,18,21,25H,4-7,10-11,16-17,19H2,1-3H3,(H,28,29)/t21-,25?/m0/s1. The van der Waals surface area contributed by atoms with Crippen LogP contribution in [0.3, 0.4) is 0 Å². The number of benzene rings is 2. The maximum atomic E-state index is 12.3. The average Bonchev–Trinajstić information content (AvgIpc) is 2.84. The monoisotopic (exact) mass is 487 g/mol. The summed E-state index contributed by atoms with van der Waals surface area (Å²) < 4.78 is 34.7. The highest BCUT2D eigenvalue weighted by atomic mass is 32.2. The van der Waals surface area contributed by atoms with Crippen molar-refractivity contribution in [3.63, 3.8) is 0 Å². The highest BCUT2D eigenvalue weighted by Gasteiger charge is 2.21. The number of rotatable bonds is 11. The number of carbonyl (C=O) groups excluding carboxylic acids is 1. The highest BCUT2D eigenvalue weighted by molar-refractivity contribution is 7.86. The van der Waals surface area contributed by atoms with Crippen LogP contribution < -0.4 is 5.32 Å². The van der Waals surface area contributed by atoms with Crippen LogP contribution in [-0.2, 0) is 31.9 Å². The number of methoxy groups -OCH3 is 1. The molecule has 2 aromatic rings. The molecule has 0 saturated carbocycles. The Labute approximate surface area is 204 Å². The lowest BCUT2D eigenvalue weighted by Crippen LogP contribution is -2.28. The van der Waals surface area contributed by atoms with E-state index >= 15 is 0 Å². The summed E-state index contributed by atoms with van der Waals surface area (Å²) >= 11 is 0. The highest BCUT2D eigenvalue weighted by Crippen LogP contribution is 2.32. The molecular weight excluding hydrogens is 450 g/mol. The molecule has 0 bridgehead atoms. The first-order valence-corrected chi connectivity index (χ1v) is 13.6. The minimum Gasteiger partial charge on any atom is -0.453 e. The third-order valence-corrected chi connectivity index (χ3v) is 7.98. The lowest BCUT2D eigenvalue weighted by Gasteiger charge is -2.26. The third-order valence-electron chi connectivity index (χ3n) is 6.65. The van der Waals surface area contributed by atoms with Crippen molar-refractivity contribution in [3.8, 4) is 0 Å².